The number of alkyl halides is 3. The maximum atomic E-state index is 12.3. The minimum absolute atomic E-state index is 0.0217. The van der Waals surface area contributed by atoms with Crippen LogP contribution in [0.3, 0.4) is 0 Å². The molecular weight excluding hydrogens is 271 g/mol. The van der Waals surface area contributed by atoms with Gasteiger partial charge in [-0.3, -0.25) is 5.32 Å². The number of nitrogens with one attached hydrogen (secondary N) is 1. The molecule has 1 aromatic carbocycles. The van der Waals surface area contributed by atoms with E-state index in [0.29, 0.717) is 11.3 Å². The molecule has 0 amide bonds. The average Bonchev–Trinajstić information content (AvgIpc) is 2.35. The van der Waals surface area contributed by atoms with E-state index in [1.165, 1.54) is 6.92 Å². The zero-order chi connectivity index (χ0) is 15.4. The van der Waals surface area contributed by atoms with Crippen molar-refractivity contribution in [2.45, 2.75) is 38.6 Å². The van der Waals surface area contributed by atoms with E-state index in [2.05, 4.69) is 5.32 Å². The fourth-order valence-corrected chi connectivity index (χ4v) is 1.72. The maximum absolute atomic E-state index is 12.3. The zero-order valence-electron chi connectivity index (χ0n) is 11.8. The number of halogens is 3. The Morgan fingerprint density at radius 1 is 1.20 bits per heavy atom. The molecule has 0 heterocycles. The van der Waals surface area contributed by atoms with Crippen LogP contribution in [0.1, 0.15) is 26.3 Å². The molecule has 0 aliphatic rings. The first-order valence-electron chi connectivity index (χ1n) is 6.36. The average molecular weight is 291 g/mol. The molecule has 0 aliphatic heterocycles. The van der Waals surface area contributed by atoms with Crippen LogP contribution in [0, 0.1) is 0 Å². The van der Waals surface area contributed by atoms with Gasteiger partial charge in [-0.1, -0.05) is 12.1 Å². The van der Waals surface area contributed by atoms with Gasteiger partial charge in [0, 0.05) is 0 Å². The van der Waals surface area contributed by atoms with Crippen LogP contribution in [-0.4, -0.2) is 30.5 Å². The number of hydrogen-bond acceptors (Lipinski definition) is 3. The first-order chi connectivity index (χ1) is 9.16. The van der Waals surface area contributed by atoms with E-state index in [4.69, 9.17) is 4.74 Å². The van der Waals surface area contributed by atoms with Gasteiger partial charge in [0.25, 0.3) is 0 Å². The molecule has 6 heteroatoms. The lowest BCUT2D eigenvalue weighted by Gasteiger charge is -2.30. The summed E-state index contributed by atoms with van der Waals surface area (Å²) in [5.41, 5.74) is -0.577. The van der Waals surface area contributed by atoms with Crippen molar-refractivity contribution in [1.29, 1.82) is 0 Å². The summed E-state index contributed by atoms with van der Waals surface area (Å²) in [4.78, 5) is 0. The molecule has 2 N–H and O–H groups in total. The second-order valence-electron chi connectivity index (χ2n) is 5.15. The quantitative estimate of drug-likeness (QED) is 0.847. The Bertz CT molecular complexity index is 417. The fourth-order valence-electron chi connectivity index (χ4n) is 1.72. The van der Waals surface area contributed by atoms with Crippen molar-refractivity contribution >= 4 is 0 Å². The van der Waals surface area contributed by atoms with E-state index in [-0.39, 0.29) is 6.10 Å². The van der Waals surface area contributed by atoms with Crippen LogP contribution >= 0.6 is 0 Å². The van der Waals surface area contributed by atoms with Crippen LogP contribution in [-0.2, 0) is 5.54 Å². The summed E-state index contributed by atoms with van der Waals surface area (Å²) < 4.78 is 42.3. The summed E-state index contributed by atoms with van der Waals surface area (Å²) in [7, 11) is 0. The highest BCUT2D eigenvalue weighted by molar-refractivity contribution is 5.32. The summed E-state index contributed by atoms with van der Waals surface area (Å²) >= 11 is 0. The van der Waals surface area contributed by atoms with Gasteiger partial charge in [-0.25, -0.2) is 0 Å². The van der Waals surface area contributed by atoms with Gasteiger partial charge in [0.15, 0.2) is 0 Å². The van der Waals surface area contributed by atoms with Crippen molar-refractivity contribution in [3.05, 3.63) is 29.8 Å². The van der Waals surface area contributed by atoms with E-state index in [0.717, 1.165) is 0 Å². The SMILES string of the molecule is CC(C)Oc1ccc(C(C)(CO)NCC(F)(F)F)cc1. The molecule has 1 unspecified atom stereocenters. The standard InChI is InChI=1S/C14H20F3NO2/c1-10(2)20-12-6-4-11(5-7-12)13(3,9-19)18-8-14(15,16)17/h4-7,10,18-19H,8-9H2,1-3H3. The number of benzene rings is 1. The third-order valence-electron chi connectivity index (χ3n) is 2.86. The second-order valence-corrected chi connectivity index (χ2v) is 5.15. The van der Waals surface area contributed by atoms with Gasteiger partial charge >= 0.3 is 6.18 Å². The zero-order valence-corrected chi connectivity index (χ0v) is 11.8. The topological polar surface area (TPSA) is 41.5 Å². The van der Waals surface area contributed by atoms with Crippen LogP contribution in [0.5, 0.6) is 5.75 Å². The van der Waals surface area contributed by atoms with Gasteiger partial charge in [-0.15, -0.1) is 0 Å². The molecule has 0 aromatic heterocycles. The molecule has 0 bridgehead atoms. The first kappa shape index (κ1) is 16.8. The van der Waals surface area contributed by atoms with Crippen molar-refractivity contribution in [2.75, 3.05) is 13.2 Å². The fraction of sp³-hybridized carbons (Fsp3) is 0.571. The van der Waals surface area contributed by atoms with E-state index < -0.39 is 24.9 Å². The van der Waals surface area contributed by atoms with Crippen LogP contribution in [0.25, 0.3) is 0 Å². The summed E-state index contributed by atoms with van der Waals surface area (Å²) in [5.74, 6) is 0.639. The molecule has 1 rings (SSSR count). The monoisotopic (exact) mass is 291 g/mol. The number of ether oxygens (including phenoxy) is 1. The third-order valence-corrected chi connectivity index (χ3v) is 2.86. The highest BCUT2D eigenvalue weighted by Gasteiger charge is 2.33. The molecular formula is C14H20F3NO2. The van der Waals surface area contributed by atoms with Gasteiger partial charge in [0.2, 0.25) is 0 Å². The molecule has 20 heavy (non-hydrogen) atoms. The van der Waals surface area contributed by atoms with Crippen LogP contribution in [0.15, 0.2) is 24.3 Å². The highest BCUT2D eigenvalue weighted by atomic mass is 19.4. The summed E-state index contributed by atoms with van der Waals surface area (Å²) in [6, 6.07) is 6.66. The minimum Gasteiger partial charge on any atom is -0.491 e. The minimum atomic E-state index is -4.32. The number of hydrogen-bond donors (Lipinski definition) is 2. The predicted octanol–water partition coefficient (Wildman–Crippen LogP) is 2.83. The van der Waals surface area contributed by atoms with E-state index in [1.807, 2.05) is 13.8 Å². The van der Waals surface area contributed by atoms with Crippen molar-refractivity contribution in [3.8, 4) is 5.75 Å². The van der Waals surface area contributed by atoms with Crippen LogP contribution in [0.2, 0.25) is 0 Å². The molecule has 3 nitrogen and oxygen atoms in total. The molecule has 0 spiro atoms. The molecule has 1 atom stereocenters. The molecule has 0 saturated heterocycles. The number of rotatable bonds is 6. The second kappa shape index (κ2) is 6.45. The van der Waals surface area contributed by atoms with E-state index in [9.17, 15) is 18.3 Å². The number of aliphatic hydroxyl groups is 1. The Balaban J connectivity index is 2.83. The lowest BCUT2D eigenvalue weighted by atomic mass is 9.93. The third kappa shape index (κ3) is 5.02. The maximum Gasteiger partial charge on any atom is 0.401 e. The van der Waals surface area contributed by atoms with Gasteiger partial charge < -0.3 is 9.84 Å². The van der Waals surface area contributed by atoms with Gasteiger partial charge in [-0.05, 0) is 38.5 Å². The summed E-state index contributed by atoms with van der Waals surface area (Å²) in [5, 5.41) is 11.7. The Kier molecular flexibility index (Phi) is 5.42. The van der Waals surface area contributed by atoms with E-state index >= 15 is 0 Å². The normalized spacial score (nSPS) is 15.2. The van der Waals surface area contributed by atoms with Crippen LogP contribution < -0.4 is 10.1 Å². The molecule has 0 fully saturated rings. The Morgan fingerprint density at radius 3 is 2.15 bits per heavy atom. The molecule has 114 valence electrons. The molecule has 0 aliphatic carbocycles. The summed E-state index contributed by atoms with van der Waals surface area (Å²) in [6.07, 6.45) is -4.30. The molecule has 0 saturated carbocycles. The van der Waals surface area contributed by atoms with Crippen molar-refractivity contribution in [3.63, 3.8) is 0 Å². The van der Waals surface area contributed by atoms with Crippen LogP contribution in [0.4, 0.5) is 13.2 Å². The largest absolute Gasteiger partial charge is 0.491 e. The highest BCUT2D eigenvalue weighted by Crippen LogP contribution is 2.25. The van der Waals surface area contributed by atoms with Gasteiger partial charge in [-0.2, -0.15) is 13.2 Å². The smallest absolute Gasteiger partial charge is 0.401 e. The van der Waals surface area contributed by atoms with E-state index in [1.54, 1.807) is 24.3 Å². The first-order valence-corrected chi connectivity index (χ1v) is 6.36. The molecule has 0 radical (unpaired) electrons. The lowest BCUT2D eigenvalue weighted by Crippen LogP contribution is -2.47. The summed E-state index contributed by atoms with van der Waals surface area (Å²) in [6.45, 7) is 3.70. The Morgan fingerprint density at radius 2 is 1.75 bits per heavy atom. The van der Waals surface area contributed by atoms with Crippen molar-refractivity contribution < 1.29 is 23.0 Å². The number of aliphatic hydroxyl groups excluding tert-OH is 1. The Hall–Kier alpha value is -1.27. The van der Waals surface area contributed by atoms with Gasteiger partial charge in [0.05, 0.1) is 24.8 Å². The Labute approximate surface area is 116 Å². The molecule has 1 aromatic rings. The predicted molar refractivity (Wildman–Crippen MR) is 70.7 cm³/mol. The lowest BCUT2D eigenvalue weighted by molar-refractivity contribution is -0.129. The van der Waals surface area contributed by atoms with Crippen molar-refractivity contribution in [1.82, 2.24) is 5.32 Å². The van der Waals surface area contributed by atoms with Crippen molar-refractivity contribution in [2.24, 2.45) is 0 Å². The van der Waals surface area contributed by atoms with Gasteiger partial charge in [0.1, 0.15) is 5.75 Å².